The summed E-state index contributed by atoms with van der Waals surface area (Å²) in [6.45, 7) is 0.225. The lowest BCUT2D eigenvalue weighted by atomic mass is 9.81. The van der Waals surface area contributed by atoms with E-state index in [1.54, 1.807) is 23.9 Å². The Balaban J connectivity index is 1.48. The van der Waals surface area contributed by atoms with Crippen LogP contribution in [0.5, 0.6) is 0 Å². The van der Waals surface area contributed by atoms with E-state index in [0.717, 1.165) is 40.5 Å². The molecule has 4 amide bonds. The van der Waals surface area contributed by atoms with Gasteiger partial charge in [-0.3, -0.25) is 14.5 Å². The van der Waals surface area contributed by atoms with Crippen LogP contribution in [-0.4, -0.2) is 58.7 Å². The number of benzene rings is 2. The van der Waals surface area contributed by atoms with Crippen LogP contribution in [0.2, 0.25) is 0 Å². The second-order valence-corrected chi connectivity index (χ2v) is 8.21. The van der Waals surface area contributed by atoms with Crippen LogP contribution in [-0.2, 0) is 16.1 Å². The number of carbonyl (C=O) groups excluding carboxylic acids is 3. The molecule has 2 aromatic rings. The zero-order valence-corrected chi connectivity index (χ0v) is 17.1. The van der Waals surface area contributed by atoms with Gasteiger partial charge in [-0.1, -0.05) is 61.7 Å². The molecule has 1 heterocycles. The first-order valence-electron chi connectivity index (χ1n) is 10.2. The molecule has 0 unspecified atom stereocenters. The van der Waals surface area contributed by atoms with Crippen molar-refractivity contribution in [2.75, 3.05) is 20.6 Å². The average molecular weight is 393 g/mol. The highest BCUT2D eigenvalue weighted by Crippen LogP contribution is 2.39. The fourth-order valence-electron chi connectivity index (χ4n) is 4.70. The molecule has 152 valence electrons. The van der Waals surface area contributed by atoms with E-state index in [2.05, 4.69) is 0 Å². The van der Waals surface area contributed by atoms with Gasteiger partial charge in [-0.25, -0.2) is 4.79 Å². The van der Waals surface area contributed by atoms with Crippen LogP contribution < -0.4 is 0 Å². The van der Waals surface area contributed by atoms with Crippen molar-refractivity contribution < 1.29 is 14.4 Å². The van der Waals surface area contributed by atoms with Crippen LogP contribution in [0.4, 0.5) is 4.79 Å². The largest absolute Gasteiger partial charge is 0.340 e. The predicted molar refractivity (Wildman–Crippen MR) is 111 cm³/mol. The van der Waals surface area contributed by atoms with Crippen LogP contribution in [0.15, 0.2) is 42.5 Å². The molecule has 1 aliphatic carbocycles. The normalized spacial score (nSPS) is 18.7. The Morgan fingerprint density at radius 3 is 2.48 bits per heavy atom. The van der Waals surface area contributed by atoms with Gasteiger partial charge in [0.15, 0.2) is 0 Å². The maximum absolute atomic E-state index is 13.1. The molecular formula is C23H27N3O3. The van der Waals surface area contributed by atoms with Gasteiger partial charge >= 0.3 is 6.03 Å². The molecule has 1 saturated heterocycles. The van der Waals surface area contributed by atoms with Gasteiger partial charge < -0.3 is 9.80 Å². The Morgan fingerprint density at radius 2 is 1.72 bits per heavy atom. The first kappa shape index (κ1) is 19.4. The van der Waals surface area contributed by atoms with E-state index >= 15 is 0 Å². The van der Waals surface area contributed by atoms with Gasteiger partial charge in [0.1, 0.15) is 12.1 Å². The summed E-state index contributed by atoms with van der Waals surface area (Å²) in [7, 11) is 3.41. The van der Waals surface area contributed by atoms with Gasteiger partial charge in [-0.15, -0.1) is 0 Å². The summed E-state index contributed by atoms with van der Waals surface area (Å²) < 4.78 is 0. The summed E-state index contributed by atoms with van der Waals surface area (Å²) in [6.07, 6.45) is 4.33. The highest BCUT2D eigenvalue weighted by molar-refractivity contribution is 6.09. The lowest BCUT2D eigenvalue weighted by Gasteiger charge is -2.35. The summed E-state index contributed by atoms with van der Waals surface area (Å²) >= 11 is 0. The topological polar surface area (TPSA) is 60.9 Å². The molecule has 0 aromatic heterocycles. The van der Waals surface area contributed by atoms with Crippen LogP contribution >= 0.6 is 0 Å². The quantitative estimate of drug-likeness (QED) is 0.748. The van der Waals surface area contributed by atoms with Crippen molar-refractivity contribution in [1.82, 2.24) is 14.7 Å². The Hall–Kier alpha value is -2.89. The maximum atomic E-state index is 13.1. The molecule has 6 nitrogen and oxygen atoms in total. The highest BCUT2D eigenvalue weighted by atomic mass is 16.2. The Bertz CT molecular complexity index is 959. The number of nitrogens with zero attached hydrogens (tertiary/aromatic N) is 3. The van der Waals surface area contributed by atoms with E-state index in [1.807, 2.05) is 42.5 Å². The first-order valence-corrected chi connectivity index (χ1v) is 10.2. The molecule has 2 aliphatic rings. The maximum Gasteiger partial charge on any atom is 0.327 e. The van der Waals surface area contributed by atoms with Gasteiger partial charge in [0.25, 0.3) is 5.91 Å². The predicted octanol–water partition coefficient (Wildman–Crippen LogP) is 3.40. The molecule has 4 rings (SSSR count). The number of amides is 4. The molecular weight excluding hydrogens is 366 g/mol. The molecule has 2 fully saturated rings. The molecule has 0 radical (unpaired) electrons. The lowest BCUT2D eigenvalue weighted by Crippen LogP contribution is -2.49. The second-order valence-electron chi connectivity index (χ2n) is 8.21. The molecule has 1 spiro atoms. The van der Waals surface area contributed by atoms with Gasteiger partial charge in [0, 0.05) is 20.6 Å². The third-order valence-electron chi connectivity index (χ3n) is 6.49. The minimum atomic E-state index is -0.746. The minimum Gasteiger partial charge on any atom is -0.340 e. The molecule has 1 aliphatic heterocycles. The van der Waals surface area contributed by atoms with E-state index in [4.69, 9.17) is 0 Å². The molecule has 0 atom stereocenters. The summed E-state index contributed by atoms with van der Waals surface area (Å²) in [5.41, 5.74) is 0.294. The third-order valence-corrected chi connectivity index (χ3v) is 6.49. The number of hydrogen-bond acceptors (Lipinski definition) is 3. The van der Waals surface area contributed by atoms with Crippen molar-refractivity contribution in [3.8, 4) is 0 Å². The lowest BCUT2D eigenvalue weighted by molar-refractivity contribution is -0.140. The van der Waals surface area contributed by atoms with E-state index in [0.29, 0.717) is 19.4 Å². The van der Waals surface area contributed by atoms with Crippen LogP contribution in [0.3, 0.4) is 0 Å². The number of likely N-dealkylation sites (N-methyl/N-ethyl adjacent to an activating group) is 2. The monoisotopic (exact) mass is 393 g/mol. The summed E-state index contributed by atoms with van der Waals surface area (Å²) in [6, 6.07) is 13.7. The fourth-order valence-corrected chi connectivity index (χ4v) is 4.70. The number of urea groups is 1. The van der Waals surface area contributed by atoms with Crippen LogP contribution in [0.1, 0.15) is 37.7 Å². The van der Waals surface area contributed by atoms with Gasteiger partial charge in [0.05, 0.1) is 0 Å². The zero-order chi connectivity index (χ0) is 20.6. The molecule has 29 heavy (non-hydrogen) atoms. The Morgan fingerprint density at radius 1 is 1.03 bits per heavy atom. The number of imide groups is 1. The number of rotatable bonds is 4. The SMILES string of the molecule is CN(Cc1cccc2ccccc12)C(=O)CN1C(=O)N(C)C2(CCCCC2)C1=O. The minimum absolute atomic E-state index is 0.203. The molecule has 1 saturated carbocycles. The average Bonchev–Trinajstić information content (AvgIpc) is 2.91. The highest BCUT2D eigenvalue weighted by Gasteiger charge is 2.55. The van der Waals surface area contributed by atoms with E-state index in [9.17, 15) is 14.4 Å². The summed E-state index contributed by atoms with van der Waals surface area (Å²) in [4.78, 5) is 43.0. The number of hydrogen-bond donors (Lipinski definition) is 0. The third kappa shape index (κ3) is 3.26. The van der Waals surface area contributed by atoms with Gasteiger partial charge in [0.2, 0.25) is 5.91 Å². The Kier molecular flexibility index (Phi) is 5.03. The van der Waals surface area contributed by atoms with Crippen molar-refractivity contribution in [3.05, 3.63) is 48.0 Å². The van der Waals surface area contributed by atoms with Crippen molar-refractivity contribution in [2.45, 2.75) is 44.2 Å². The Labute approximate surface area is 171 Å². The molecule has 2 aromatic carbocycles. The smallest absolute Gasteiger partial charge is 0.327 e. The van der Waals surface area contributed by atoms with E-state index in [1.165, 1.54) is 0 Å². The zero-order valence-electron chi connectivity index (χ0n) is 17.1. The second kappa shape index (κ2) is 7.50. The van der Waals surface area contributed by atoms with Crippen LogP contribution in [0.25, 0.3) is 10.8 Å². The van der Waals surface area contributed by atoms with Gasteiger partial charge in [-0.05, 0) is 29.2 Å². The van der Waals surface area contributed by atoms with Gasteiger partial charge in [-0.2, -0.15) is 0 Å². The first-order chi connectivity index (χ1) is 13.9. The molecule has 0 bridgehead atoms. The summed E-state index contributed by atoms with van der Waals surface area (Å²) in [5.74, 6) is -0.447. The summed E-state index contributed by atoms with van der Waals surface area (Å²) in [5, 5.41) is 2.22. The molecule has 6 heteroatoms. The molecule has 0 N–H and O–H groups in total. The van der Waals surface area contributed by atoms with E-state index < -0.39 is 5.54 Å². The van der Waals surface area contributed by atoms with Crippen molar-refractivity contribution in [3.63, 3.8) is 0 Å². The standard InChI is InChI=1S/C23H27N3O3/c1-24(15-18-11-8-10-17-9-4-5-12-19(17)18)20(27)16-26-21(28)23(25(2)22(26)29)13-6-3-7-14-23/h4-5,8-12H,3,6-7,13-16H2,1-2H3. The number of fused-ring (bicyclic) bond motifs is 1. The number of carbonyl (C=O) groups is 3. The fraction of sp³-hybridized carbons (Fsp3) is 0.435. The van der Waals surface area contributed by atoms with E-state index in [-0.39, 0.29) is 24.4 Å². The van der Waals surface area contributed by atoms with Crippen molar-refractivity contribution in [1.29, 1.82) is 0 Å². The van der Waals surface area contributed by atoms with Crippen LogP contribution in [0, 0.1) is 0 Å². The van der Waals surface area contributed by atoms with Crippen molar-refractivity contribution >= 4 is 28.6 Å². The van der Waals surface area contributed by atoms with Crippen molar-refractivity contribution in [2.24, 2.45) is 0 Å².